The molecular weight excluding hydrogens is 206 g/mol. The average Bonchev–Trinajstić information content (AvgIpc) is 2.86. The van der Waals surface area contributed by atoms with E-state index in [4.69, 9.17) is 9.84 Å². The van der Waals surface area contributed by atoms with Crippen LogP contribution in [-0.4, -0.2) is 41.4 Å². The molecule has 92 valence electrons. The number of carbonyl (C=O) groups is 1. The van der Waals surface area contributed by atoms with E-state index in [0.717, 1.165) is 19.5 Å². The van der Waals surface area contributed by atoms with Crippen LogP contribution >= 0.6 is 0 Å². The molecule has 1 N–H and O–H groups in total. The summed E-state index contributed by atoms with van der Waals surface area (Å²) in [6.07, 6.45) is 0.796. The van der Waals surface area contributed by atoms with Crippen LogP contribution in [0, 0.1) is 17.8 Å². The van der Waals surface area contributed by atoms with Gasteiger partial charge in [0, 0.05) is 19.7 Å². The van der Waals surface area contributed by atoms with Crippen molar-refractivity contribution in [3.8, 4) is 0 Å². The number of rotatable bonds is 1. The van der Waals surface area contributed by atoms with E-state index in [1.807, 2.05) is 20.8 Å². The zero-order valence-corrected chi connectivity index (χ0v) is 10.3. The lowest BCUT2D eigenvalue weighted by Gasteiger charge is -2.29. The Morgan fingerprint density at radius 3 is 2.69 bits per heavy atom. The van der Waals surface area contributed by atoms with Crippen molar-refractivity contribution in [3.63, 3.8) is 0 Å². The molecule has 0 radical (unpaired) electrons. The van der Waals surface area contributed by atoms with Gasteiger partial charge in [0.25, 0.3) is 0 Å². The van der Waals surface area contributed by atoms with Gasteiger partial charge in [0.15, 0.2) is 0 Å². The van der Waals surface area contributed by atoms with Crippen molar-refractivity contribution in [2.75, 3.05) is 19.7 Å². The predicted molar refractivity (Wildman–Crippen MR) is 60.0 cm³/mol. The van der Waals surface area contributed by atoms with Gasteiger partial charge in [-0.15, -0.1) is 0 Å². The molecule has 4 nitrogen and oxygen atoms in total. The highest BCUT2D eigenvalue weighted by Gasteiger charge is 2.52. The van der Waals surface area contributed by atoms with E-state index < -0.39 is 5.60 Å². The lowest BCUT2D eigenvalue weighted by atomic mass is 10.1. The average molecular weight is 227 g/mol. The van der Waals surface area contributed by atoms with Crippen molar-refractivity contribution in [1.29, 1.82) is 0 Å². The van der Waals surface area contributed by atoms with Crippen LogP contribution in [0.5, 0.6) is 0 Å². The maximum absolute atomic E-state index is 11.8. The Balaban J connectivity index is 1.86. The van der Waals surface area contributed by atoms with Crippen molar-refractivity contribution >= 4 is 6.09 Å². The van der Waals surface area contributed by atoms with Gasteiger partial charge in [-0.05, 0) is 44.9 Å². The minimum atomic E-state index is -0.423. The number of aliphatic hydroxyl groups is 1. The first kappa shape index (κ1) is 11.7. The van der Waals surface area contributed by atoms with Gasteiger partial charge in [0.1, 0.15) is 5.60 Å². The van der Waals surface area contributed by atoms with E-state index in [0.29, 0.717) is 17.8 Å². The fraction of sp³-hybridized carbons (Fsp3) is 0.917. The highest BCUT2D eigenvalue weighted by molar-refractivity contribution is 5.68. The van der Waals surface area contributed by atoms with E-state index in [-0.39, 0.29) is 12.7 Å². The molecule has 2 fully saturated rings. The Morgan fingerprint density at radius 2 is 2.12 bits per heavy atom. The fourth-order valence-electron chi connectivity index (χ4n) is 2.64. The molecule has 4 heteroatoms. The summed E-state index contributed by atoms with van der Waals surface area (Å²) in [5.41, 5.74) is -0.423. The molecule has 0 aromatic carbocycles. The Kier molecular flexibility index (Phi) is 2.86. The van der Waals surface area contributed by atoms with E-state index >= 15 is 0 Å². The first-order valence-electron chi connectivity index (χ1n) is 6.01. The number of fused-ring (bicyclic) bond motifs is 1. The molecule has 1 amide bonds. The van der Waals surface area contributed by atoms with Gasteiger partial charge in [0.05, 0.1) is 0 Å². The summed E-state index contributed by atoms with van der Waals surface area (Å²) in [7, 11) is 0. The number of ether oxygens (including phenoxy) is 1. The van der Waals surface area contributed by atoms with E-state index in [2.05, 4.69) is 0 Å². The van der Waals surface area contributed by atoms with Crippen molar-refractivity contribution in [2.45, 2.75) is 32.8 Å². The molecular formula is C12H21NO3. The molecule has 2 rings (SSSR count). The number of nitrogens with zero attached hydrogens (tertiary/aromatic N) is 1. The monoisotopic (exact) mass is 227 g/mol. The minimum absolute atomic E-state index is 0.213. The Bertz CT molecular complexity index is 280. The fourth-order valence-corrected chi connectivity index (χ4v) is 2.64. The number of hydrogen-bond donors (Lipinski definition) is 1. The first-order valence-corrected chi connectivity index (χ1v) is 6.01. The van der Waals surface area contributed by atoms with Crippen LogP contribution in [0.15, 0.2) is 0 Å². The van der Waals surface area contributed by atoms with Crippen LogP contribution in [0.1, 0.15) is 27.2 Å². The van der Waals surface area contributed by atoms with Crippen LogP contribution in [0.4, 0.5) is 4.79 Å². The van der Waals surface area contributed by atoms with Crippen molar-refractivity contribution in [2.24, 2.45) is 17.8 Å². The summed E-state index contributed by atoms with van der Waals surface area (Å²) in [5, 5.41) is 9.11. The van der Waals surface area contributed by atoms with Crippen molar-refractivity contribution < 1.29 is 14.6 Å². The Morgan fingerprint density at radius 1 is 1.44 bits per heavy atom. The van der Waals surface area contributed by atoms with Gasteiger partial charge in [-0.25, -0.2) is 4.79 Å². The third-order valence-corrected chi connectivity index (χ3v) is 3.54. The topological polar surface area (TPSA) is 49.8 Å². The zero-order chi connectivity index (χ0) is 11.9. The zero-order valence-electron chi connectivity index (χ0n) is 10.3. The number of piperidine rings is 1. The summed E-state index contributed by atoms with van der Waals surface area (Å²) in [6, 6.07) is 0. The second-order valence-corrected chi connectivity index (χ2v) is 5.89. The smallest absolute Gasteiger partial charge is 0.410 e. The van der Waals surface area contributed by atoms with Crippen molar-refractivity contribution in [1.82, 2.24) is 4.90 Å². The Labute approximate surface area is 96.6 Å². The van der Waals surface area contributed by atoms with Crippen molar-refractivity contribution in [3.05, 3.63) is 0 Å². The third-order valence-electron chi connectivity index (χ3n) is 3.54. The maximum Gasteiger partial charge on any atom is 0.410 e. The number of amides is 1. The van der Waals surface area contributed by atoms with Gasteiger partial charge >= 0.3 is 6.09 Å². The van der Waals surface area contributed by atoms with Gasteiger partial charge in [-0.3, -0.25) is 0 Å². The quantitative estimate of drug-likeness (QED) is 0.738. The molecule has 1 saturated heterocycles. The SMILES string of the molecule is CC(C)(C)OC(=O)N1CC[C@H]2[C@H](CO)[C@H]2C1. The number of aliphatic hydroxyl groups excluding tert-OH is 1. The van der Waals surface area contributed by atoms with Gasteiger partial charge < -0.3 is 14.7 Å². The Hall–Kier alpha value is -0.770. The molecule has 0 spiro atoms. The second kappa shape index (κ2) is 3.91. The van der Waals surface area contributed by atoms with Crippen LogP contribution in [0.25, 0.3) is 0 Å². The first-order chi connectivity index (χ1) is 7.42. The summed E-state index contributed by atoms with van der Waals surface area (Å²) >= 11 is 0. The normalized spacial score (nSPS) is 33.2. The summed E-state index contributed by atoms with van der Waals surface area (Å²) in [4.78, 5) is 13.6. The van der Waals surface area contributed by atoms with E-state index in [9.17, 15) is 4.79 Å². The molecule has 0 bridgehead atoms. The summed E-state index contributed by atoms with van der Waals surface area (Å²) < 4.78 is 5.34. The van der Waals surface area contributed by atoms with Gasteiger partial charge in [-0.1, -0.05) is 0 Å². The molecule has 1 saturated carbocycles. The largest absolute Gasteiger partial charge is 0.444 e. The van der Waals surface area contributed by atoms with Crippen LogP contribution in [0.3, 0.4) is 0 Å². The van der Waals surface area contributed by atoms with E-state index in [1.54, 1.807) is 4.90 Å². The van der Waals surface area contributed by atoms with Crippen LogP contribution < -0.4 is 0 Å². The second-order valence-electron chi connectivity index (χ2n) is 5.89. The summed E-state index contributed by atoms with van der Waals surface area (Å²) in [6.45, 7) is 7.43. The molecule has 1 aliphatic carbocycles. The standard InChI is InChI=1S/C12H21NO3/c1-12(2,3)16-11(15)13-5-4-8-9(6-13)10(8)7-14/h8-10,14H,4-7H2,1-3H3/t8-,9+,10+/m1/s1. The summed E-state index contributed by atoms with van der Waals surface area (Å²) in [5.74, 6) is 1.57. The predicted octanol–water partition coefficient (Wildman–Crippen LogP) is 1.48. The lowest BCUT2D eigenvalue weighted by Crippen LogP contribution is -2.40. The van der Waals surface area contributed by atoms with Crippen LogP contribution in [0.2, 0.25) is 0 Å². The molecule has 3 atom stereocenters. The van der Waals surface area contributed by atoms with E-state index in [1.165, 1.54) is 0 Å². The molecule has 16 heavy (non-hydrogen) atoms. The number of likely N-dealkylation sites (tertiary alicyclic amines) is 1. The van der Waals surface area contributed by atoms with Gasteiger partial charge in [-0.2, -0.15) is 0 Å². The number of hydrogen-bond acceptors (Lipinski definition) is 3. The molecule has 1 heterocycles. The third kappa shape index (κ3) is 2.32. The molecule has 0 aromatic rings. The molecule has 0 unspecified atom stereocenters. The van der Waals surface area contributed by atoms with Crippen LogP contribution in [-0.2, 0) is 4.74 Å². The molecule has 0 aromatic heterocycles. The molecule has 2 aliphatic rings. The highest BCUT2D eigenvalue weighted by atomic mass is 16.6. The molecule has 1 aliphatic heterocycles. The van der Waals surface area contributed by atoms with Gasteiger partial charge in [0.2, 0.25) is 0 Å². The lowest BCUT2D eigenvalue weighted by molar-refractivity contribution is 0.0206. The highest BCUT2D eigenvalue weighted by Crippen LogP contribution is 2.51. The maximum atomic E-state index is 11.8. The number of carbonyl (C=O) groups excluding carboxylic acids is 1. The minimum Gasteiger partial charge on any atom is -0.444 e.